The maximum Gasteiger partial charge on any atom is 0.416 e. The Morgan fingerprint density at radius 3 is 2.29 bits per heavy atom. The van der Waals surface area contributed by atoms with Crippen LogP contribution in [-0.4, -0.2) is 86.3 Å². The van der Waals surface area contributed by atoms with Gasteiger partial charge >= 0.3 is 12.2 Å². The van der Waals surface area contributed by atoms with E-state index in [2.05, 4.69) is 10.6 Å². The fourth-order valence-corrected chi connectivity index (χ4v) is 6.92. The quantitative estimate of drug-likeness (QED) is 0.231. The molecule has 3 amide bonds. The first kappa shape index (κ1) is 40.6. The number of amides is 3. The van der Waals surface area contributed by atoms with Crippen LogP contribution in [0.1, 0.15) is 61.5 Å². The van der Waals surface area contributed by atoms with Crippen LogP contribution in [0, 0.1) is 12.8 Å². The van der Waals surface area contributed by atoms with E-state index >= 15 is 0 Å². The third-order valence-electron chi connectivity index (χ3n) is 8.95. The van der Waals surface area contributed by atoms with Crippen molar-refractivity contribution in [2.24, 2.45) is 5.92 Å². The second-order valence-electron chi connectivity index (χ2n) is 13.3. The lowest BCUT2D eigenvalue weighted by molar-refractivity contribution is -0.137. The molecule has 0 unspecified atom stereocenters. The first-order valence-electron chi connectivity index (χ1n) is 17.1. The molecule has 284 valence electrons. The summed E-state index contributed by atoms with van der Waals surface area (Å²) < 4.78 is 79.6. The molecule has 1 heterocycles. The van der Waals surface area contributed by atoms with E-state index in [4.69, 9.17) is 9.47 Å². The van der Waals surface area contributed by atoms with Crippen LogP contribution in [0.5, 0.6) is 5.75 Å². The fraction of sp³-hybridized carbons (Fsp3) is 0.459. The molecule has 0 bridgehead atoms. The summed E-state index contributed by atoms with van der Waals surface area (Å²) in [5.41, 5.74) is 0.523. The van der Waals surface area contributed by atoms with Gasteiger partial charge in [0.2, 0.25) is 10.0 Å². The van der Waals surface area contributed by atoms with Crippen molar-refractivity contribution in [3.05, 3.63) is 83.4 Å². The first-order chi connectivity index (χ1) is 24.5. The summed E-state index contributed by atoms with van der Waals surface area (Å²) >= 11 is 0. The van der Waals surface area contributed by atoms with Gasteiger partial charge in [0.1, 0.15) is 5.75 Å². The number of anilines is 2. The molecule has 0 spiro atoms. The zero-order valence-electron chi connectivity index (χ0n) is 29.9. The highest BCUT2D eigenvalue weighted by Gasteiger charge is 2.33. The highest BCUT2D eigenvalue weighted by molar-refractivity contribution is 7.89. The normalized spacial score (nSPS) is 20.0. The second-order valence-corrected chi connectivity index (χ2v) is 15.3. The van der Waals surface area contributed by atoms with Crippen LogP contribution < -0.4 is 15.4 Å². The van der Waals surface area contributed by atoms with Gasteiger partial charge in [-0.25, -0.2) is 13.2 Å². The molecule has 1 aliphatic heterocycles. The monoisotopic (exact) mass is 748 g/mol. The highest BCUT2D eigenvalue weighted by atomic mass is 32.2. The number of alkyl halides is 3. The zero-order chi connectivity index (χ0) is 38.2. The Morgan fingerprint density at radius 2 is 1.65 bits per heavy atom. The number of hydrogen-bond donors (Lipinski definition) is 3. The molecule has 0 saturated carbocycles. The SMILES string of the molecule is Cc1ccc(S(=O)(=O)N(C)C[C@H]2OCCCC[C@@H](C)Oc3ccc(NC(=O)Nc4ccc(C(F)(F)F)cc4)cc3C(=O)N([C@@H](C)CO)C[C@H]2C)cc1. The first-order valence-corrected chi connectivity index (χ1v) is 18.6. The van der Waals surface area contributed by atoms with Gasteiger partial charge in [0.25, 0.3) is 5.91 Å². The van der Waals surface area contributed by atoms with E-state index in [1.54, 1.807) is 43.3 Å². The number of fused-ring (bicyclic) bond motifs is 1. The summed E-state index contributed by atoms with van der Waals surface area (Å²) in [5.74, 6) is -0.628. The molecular weight excluding hydrogens is 701 g/mol. The lowest BCUT2D eigenvalue weighted by atomic mass is 10.0. The third kappa shape index (κ3) is 10.7. The van der Waals surface area contributed by atoms with E-state index in [1.165, 1.54) is 22.3 Å². The molecule has 3 N–H and O–H groups in total. The van der Waals surface area contributed by atoms with Crippen molar-refractivity contribution in [2.45, 2.75) is 76.3 Å². The van der Waals surface area contributed by atoms with Gasteiger partial charge in [0.15, 0.2) is 0 Å². The predicted molar refractivity (Wildman–Crippen MR) is 192 cm³/mol. The van der Waals surface area contributed by atoms with Crippen molar-refractivity contribution in [1.29, 1.82) is 0 Å². The van der Waals surface area contributed by atoms with Gasteiger partial charge in [0, 0.05) is 44.0 Å². The van der Waals surface area contributed by atoms with Crippen molar-refractivity contribution >= 4 is 33.3 Å². The minimum atomic E-state index is -4.52. The van der Waals surface area contributed by atoms with Crippen LogP contribution >= 0.6 is 0 Å². The Hall–Kier alpha value is -4.18. The molecule has 15 heteroatoms. The summed E-state index contributed by atoms with van der Waals surface area (Å²) in [6.45, 7) is 7.38. The minimum absolute atomic E-state index is 0.0190. The molecule has 0 fully saturated rings. The van der Waals surface area contributed by atoms with Gasteiger partial charge in [0.05, 0.1) is 40.9 Å². The summed E-state index contributed by atoms with van der Waals surface area (Å²) in [5, 5.41) is 15.3. The Bertz CT molecular complexity index is 1770. The maximum atomic E-state index is 14.4. The van der Waals surface area contributed by atoms with Crippen LogP contribution in [0.15, 0.2) is 71.6 Å². The van der Waals surface area contributed by atoms with E-state index in [1.807, 2.05) is 20.8 Å². The Labute approximate surface area is 303 Å². The summed E-state index contributed by atoms with van der Waals surface area (Å²) in [6, 6.07) is 13.7. The molecule has 3 aromatic rings. The molecular formula is C37H47F3N4O7S. The van der Waals surface area contributed by atoms with Crippen LogP contribution in [0.25, 0.3) is 0 Å². The van der Waals surface area contributed by atoms with Crippen molar-refractivity contribution in [3.63, 3.8) is 0 Å². The Morgan fingerprint density at radius 1 is 1.02 bits per heavy atom. The zero-order valence-corrected chi connectivity index (χ0v) is 30.8. The van der Waals surface area contributed by atoms with Gasteiger partial charge in [-0.3, -0.25) is 4.79 Å². The molecule has 4 rings (SSSR count). The molecule has 0 aliphatic carbocycles. The summed E-state index contributed by atoms with van der Waals surface area (Å²) in [7, 11) is -2.35. The number of urea groups is 1. The number of benzene rings is 3. The smallest absolute Gasteiger partial charge is 0.416 e. The van der Waals surface area contributed by atoms with Gasteiger partial charge in [-0.2, -0.15) is 17.5 Å². The minimum Gasteiger partial charge on any atom is -0.490 e. The second kappa shape index (κ2) is 17.6. The van der Waals surface area contributed by atoms with Gasteiger partial charge < -0.3 is 30.1 Å². The summed E-state index contributed by atoms with van der Waals surface area (Å²) in [4.78, 5) is 28.8. The number of aliphatic hydroxyl groups is 1. The number of likely N-dealkylation sites (N-methyl/N-ethyl adjacent to an activating group) is 1. The number of hydrogen-bond acceptors (Lipinski definition) is 7. The van der Waals surface area contributed by atoms with Crippen LogP contribution in [-0.2, 0) is 20.9 Å². The van der Waals surface area contributed by atoms with Crippen molar-refractivity contribution in [1.82, 2.24) is 9.21 Å². The third-order valence-corrected chi connectivity index (χ3v) is 10.8. The van der Waals surface area contributed by atoms with E-state index < -0.39 is 51.8 Å². The lowest BCUT2D eigenvalue weighted by Crippen LogP contribution is -2.48. The molecule has 0 radical (unpaired) electrons. The standard InChI is InChI=1S/C37H47F3N4O7S/c1-24-9-16-31(17-10-24)52(48,49)43(5)22-34-25(2)21-44(26(3)23-45)35(46)32-20-30(15-18-33(32)51-27(4)8-6-7-19-50-34)42-36(47)41-29-13-11-28(12-14-29)37(38,39)40/h9-18,20,25-27,34,45H,6-8,19,21-23H2,1-5H3,(H2,41,42,47)/t25-,26+,27-,34-/m1/s1. The van der Waals surface area contributed by atoms with E-state index in [9.17, 15) is 36.3 Å². The van der Waals surface area contributed by atoms with Crippen molar-refractivity contribution < 1.29 is 45.8 Å². The molecule has 0 aromatic heterocycles. The van der Waals surface area contributed by atoms with Crippen LogP contribution in [0.4, 0.5) is 29.3 Å². The van der Waals surface area contributed by atoms with Crippen molar-refractivity contribution in [2.75, 3.05) is 44.0 Å². The predicted octanol–water partition coefficient (Wildman–Crippen LogP) is 6.77. The Kier molecular flexibility index (Phi) is 13.7. The molecule has 4 atom stereocenters. The average Bonchev–Trinajstić information content (AvgIpc) is 3.09. The molecule has 3 aromatic carbocycles. The van der Waals surface area contributed by atoms with Gasteiger partial charge in [-0.1, -0.05) is 24.6 Å². The number of nitrogens with zero attached hydrogens (tertiary/aromatic N) is 2. The highest BCUT2D eigenvalue weighted by Crippen LogP contribution is 2.31. The Balaban J connectivity index is 1.60. The van der Waals surface area contributed by atoms with Crippen LogP contribution in [0.2, 0.25) is 0 Å². The lowest BCUT2D eigenvalue weighted by Gasteiger charge is -2.35. The van der Waals surface area contributed by atoms with E-state index in [0.29, 0.717) is 19.4 Å². The van der Waals surface area contributed by atoms with Gasteiger partial charge in [-0.05, 0) is 94.6 Å². The van der Waals surface area contributed by atoms with Crippen LogP contribution in [0.3, 0.4) is 0 Å². The number of ether oxygens (including phenoxy) is 2. The molecule has 1 aliphatic rings. The number of carbonyl (C=O) groups is 2. The van der Waals surface area contributed by atoms with Gasteiger partial charge in [-0.15, -0.1) is 0 Å². The number of nitrogens with one attached hydrogen (secondary N) is 2. The van der Waals surface area contributed by atoms with Crippen molar-refractivity contribution in [3.8, 4) is 5.75 Å². The number of carbonyl (C=O) groups excluding carboxylic acids is 2. The topological polar surface area (TPSA) is 138 Å². The number of aliphatic hydroxyl groups excluding tert-OH is 1. The number of sulfonamides is 1. The number of aryl methyl sites for hydroxylation is 1. The molecule has 0 saturated heterocycles. The molecule has 52 heavy (non-hydrogen) atoms. The molecule has 11 nitrogen and oxygen atoms in total. The van der Waals surface area contributed by atoms with E-state index in [0.717, 1.165) is 36.2 Å². The summed E-state index contributed by atoms with van der Waals surface area (Å²) in [6.07, 6.45) is -3.38. The fourth-order valence-electron chi connectivity index (χ4n) is 5.74. The number of halogens is 3. The van der Waals surface area contributed by atoms with E-state index in [-0.39, 0.29) is 53.4 Å². The maximum absolute atomic E-state index is 14.4. The number of rotatable bonds is 8. The average molecular weight is 749 g/mol. The largest absolute Gasteiger partial charge is 0.490 e.